The standard InChI is InChI=1S/C14H21N3O/c1-3-11(15)14(18)17-10-6-9-16(2)12-7-4-5-8-13(12)17/h4-5,7-8,11H,3,6,9-10,15H2,1-2H3/t11-/m0/s1. The number of nitrogens with two attached hydrogens (primary N) is 1. The van der Waals surface area contributed by atoms with Crippen LogP contribution in [0.5, 0.6) is 0 Å². The summed E-state index contributed by atoms with van der Waals surface area (Å²) >= 11 is 0. The van der Waals surface area contributed by atoms with E-state index in [1.165, 1.54) is 0 Å². The molecule has 0 radical (unpaired) electrons. The van der Waals surface area contributed by atoms with Gasteiger partial charge in [0.25, 0.3) is 0 Å². The number of benzene rings is 1. The van der Waals surface area contributed by atoms with E-state index in [1.54, 1.807) is 0 Å². The van der Waals surface area contributed by atoms with E-state index in [-0.39, 0.29) is 5.91 Å². The van der Waals surface area contributed by atoms with Crippen molar-refractivity contribution in [2.45, 2.75) is 25.8 Å². The highest BCUT2D eigenvalue weighted by Gasteiger charge is 2.25. The molecule has 0 aromatic heterocycles. The van der Waals surface area contributed by atoms with Crippen LogP contribution in [0.25, 0.3) is 0 Å². The maximum Gasteiger partial charge on any atom is 0.243 e. The molecule has 4 heteroatoms. The van der Waals surface area contributed by atoms with Gasteiger partial charge < -0.3 is 15.5 Å². The van der Waals surface area contributed by atoms with Crippen LogP contribution in [0.3, 0.4) is 0 Å². The van der Waals surface area contributed by atoms with Gasteiger partial charge in [0.1, 0.15) is 0 Å². The molecule has 1 heterocycles. The molecule has 98 valence electrons. The fourth-order valence-electron chi connectivity index (χ4n) is 2.33. The van der Waals surface area contributed by atoms with Gasteiger partial charge in [-0.25, -0.2) is 0 Å². The minimum atomic E-state index is -0.401. The highest BCUT2D eigenvalue weighted by Crippen LogP contribution is 2.31. The summed E-state index contributed by atoms with van der Waals surface area (Å²) in [5.74, 6) is 0.0280. The average Bonchev–Trinajstić information content (AvgIpc) is 2.57. The van der Waals surface area contributed by atoms with Crippen LogP contribution < -0.4 is 15.5 Å². The van der Waals surface area contributed by atoms with Crippen molar-refractivity contribution in [2.75, 3.05) is 29.9 Å². The Kier molecular flexibility index (Phi) is 3.87. The molecule has 0 aliphatic carbocycles. The van der Waals surface area contributed by atoms with Crippen molar-refractivity contribution in [1.82, 2.24) is 0 Å². The van der Waals surface area contributed by atoms with Crippen LogP contribution in [0.15, 0.2) is 24.3 Å². The quantitative estimate of drug-likeness (QED) is 0.863. The van der Waals surface area contributed by atoms with Gasteiger partial charge in [0.05, 0.1) is 17.4 Å². The Balaban J connectivity index is 2.37. The van der Waals surface area contributed by atoms with Gasteiger partial charge in [-0.05, 0) is 25.0 Å². The lowest BCUT2D eigenvalue weighted by Crippen LogP contribution is -2.43. The van der Waals surface area contributed by atoms with Crippen LogP contribution in [-0.4, -0.2) is 32.1 Å². The molecule has 0 bridgehead atoms. The van der Waals surface area contributed by atoms with E-state index in [4.69, 9.17) is 5.73 Å². The second-order valence-electron chi connectivity index (χ2n) is 4.77. The van der Waals surface area contributed by atoms with E-state index in [2.05, 4.69) is 18.0 Å². The maximum absolute atomic E-state index is 12.3. The number of carbonyl (C=O) groups excluding carboxylic acids is 1. The zero-order valence-corrected chi connectivity index (χ0v) is 11.1. The number of para-hydroxylation sites is 2. The van der Waals surface area contributed by atoms with Crippen molar-refractivity contribution in [3.63, 3.8) is 0 Å². The first-order valence-electron chi connectivity index (χ1n) is 6.52. The molecule has 0 saturated heterocycles. The predicted molar refractivity (Wildman–Crippen MR) is 74.9 cm³/mol. The van der Waals surface area contributed by atoms with E-state index >= 15 is 0 Å². The van der Waals surface area contributed by atoms with Gasteiger partial charge in [-0.15, -0.1) is 0 Å². The van der Waals surface area contributed by atoms with Gasteiger partial charge in [-0.2, -0.15) is 0 Å². The van der Waals surface area contributed by atoms with E-state index in [1.807, 2.05) is 30.0 Å². The van der Waals surface area contributed by atoms with Gasteiger partial charge in [0, 0.05) is 20.1 Å². The van der Waals surface area contributed by atoms with Crippen LogP contribution in [0.4, 0.5) is 11.4 Å². The largest absolute Gasteiger partial charge is 0.373 e. The molecule has 2 N–H and O–H groups in total. The van der Waals surface area contributed by atoms with E-state index in [0.717, 1.165) is 30.9 Å². The van der Waals surface area contributed by atoms with E-state index in [0.29, 0.717) is 6.42 Å². The Morgan fingerprint density at radius 1 is 1.33 bits per heavy atom. The number of rotatable bonds is 2. The molecule has 0 unspecified atom stereocenters. The Bertz CT molecular complexity index is 433. The van der Waals surface area contributed by atoms with Gasteiger partial charge in [-0.1, -0.05) is 19.1 Å². The monoisotopic (exact) mass is 247 g/mol. The number of fused-ring (bicyclic) bond motifs is 1. The molecular formula is C14H21N3O. The van der Waals surface area contributed by atoms with Crippen LogP contribution in [0.1, 0.15) is 19.8 Å². The van der Waals surface area contributed by atoms with Crippen molar-refractivity contribution >= 4 is 17.3 Å². The number of anilines is 2. The molecule has 1 aromatic carbocycles. The number of hydrogen-bond acceptors (Lipinski definition) is 3. The summed E-state index contributed by atoms with van der Waals surface area (Å²) in [4.78, 5) is 16.4. The van der Waals surface area contributed by atoms with Gasteiger partial charge in [0.15, 0.2) is 0 Å². The van der Waals surface area contributed by atoms with Crippen LogP contribution >= 0.6 is 0 Å². The Hall–Kier alpha value is -1.55. The van der Waals surface area contributed by atoms with Crippen LogP contribution in [0.2, 0.25) is 0 Å². The molecule has 1 atom stereocenters. The fourth-order valence-corrected chi connectivity index (χ4v) is 2.33. The molecule has 2 rings (SSSR count). The van der Waals surface area contributed by atoms with Crippen molar-refractivity contribution in [3.05, 3.63) is 24.3 Å². The maximum atomic E-state index is 12.3. The summed E-state index contributed by atoms with van der Waals surface area (Å²) in [7, 11) is 2.06. The molecule has 1 aliphatic heterocycles. The first-order chi connectivity index (χ1) is 8.65. The first kappa shape index (κ1) is 12.9. The third-order valence-corrected chi connectivity index (χ3v) is 3.48. The second kappa shape index (κ2) is 5.40. The Labute approximate surface area is 108 Å². The van der Waals surface area contributed by atoms with Crippen LogP contribution in [-0.2, 0) is 4.79 Å². The summed E-state index contributed by atoms with van der Waals surface area (Å²) in [6.07, 6.45) is 1.64. The van der Waals surface area contributed by atoms with Crippen LogP contribution in [0, 0.1) is 0 Å². The van der Waals surface area contributed by atoms with E-state index in [9.17, 15) is 4.79 Å². The molecule has 1 aliphatic rings. The summed E-state index contributed by atoms with van der Waals surface area (Å²) in [5, 5.41) is 0. The van der Waals surface area contributed by atoms with Crippen molar-refractivity contribution in [2.24, 2.45) is 5.73 Å². The molecule has 18 heavy (non-hydrogen) atoms. The molecule has 0 fully saturated rings. The average molecular weight is 247 g/mol. The molecule has 0 spiro atoms. The number of carbonyl (C=O) groups is 1. The van der Waals surface area contributed by atoms with Gasteiger partial charge in [0.2, 0.25) is 5.91 Å². The summed E-state index contributed by atoms with van der Waals surface area (Å²) in [6.45, 7) is 3.65. The lowest BCUT2D eigenvalue weighted by Gasteiger charge is -2.26. The van der Waals surface area contributed by atoms with Gasteiger partial charge in [-0.3, -0.25) is 4.79 Å². The van der Waals surface area contributed by atoms with E-state index < -0.39 is 6.04 Å². The zero-order valence-electron chi connectivity index (χ0n) is 11.1. The molecular weight excluding hydrogens is 226 g/mol. The third kappa shape index (κ3) is 2.34. The number of amides is 1. The Morgan fingerprint density at radius 3 is 2.67 bits per heavy atom. The molecule has 1 amide bonds. The summed E-state index contributed by atoms with van der Waals surface area (Å²) in [5.41, 5.74) is 7.97. The fraction of sp³-hybridized carbons (Fsp3) is 0.500. The minimum absolute atomic E-state index is 0.0280. The van der Waals surface area contributed by atoms with Crippen molar-refractivity contribution in [3.8, 4) is 0 Å². The first-order valence-corrected chi connectivity index (χ1v) is 6.52. The lowest BCUT2D eigenvalue weighted by atomic mass is 10.1. The number of nitrogens with zero attached hydrogens (tertiary/aromatic N) is 2. The predicted octanol–water partition coefficient (Wildman–Crippen LogP) is 1.60. The topological polar surface area (TPSA) is 49.6 Å². The lowest BCUT2D eigenvalue weighted by molar-refractivity contribution is -0.119. The van der Waals surface area contributed by atoms with Gasteiger partial charge >= 0.3 is 0 Å². The highest BCUT2D eigenvalue weighted by atomic mass is 16.2. The minimum Gasteiger partial charge on any atom is -0.373 e. The SMILES string of the molecule is CC[C@H](N)C(=O)N1CCCN(C)c2ccccc21. The molecule has 4 nitrogen and oxygen atoms in total. The normalized spacial score (nSPS) is 17.1. The third-order valence-electron chi connectivity index (χ3n) is 3.48. The van der Waals surface area contributed by atoms with Crippen molar-refractivity contribution in [1.29, 1.82) is 0 Å². The highest BCUT2D eigenvalue weighted by molar-refractivity contribution is 6.00. The van der Waals surface area contributed by atoms with Crippen molar-refractivity contribution < 1.29 is 4.79 Å². The smallest absolute Gasteiger partial charge is 0.243 e. The summed E-state index contributed by atoms with van der Waals surface area (Å²) in [6, 6.07) is 7.62. The number of hydrogen-bond donors (Lipinski definition) is 1. The molecule has 1 aromatic rings. The summed E-state index contributed by atoms with van der Waals surface area (Å²) < 4.78 is 0. The Morgan fingerprint density at radius 2 is 2.00 bits per heavy atom. The second-order valence-corrected chi connectivity index (χ2v) is 4.77. The zero-order chi connectivity index (χ0) is 13.1. The molecule has 0 saturated carbocycles.